The maximum Gasteiger partial charge on any atom is 0.259 e. The maximum atomic E-state index is 12.5. The first kappa shape index (κ1) is 14.3. The molecule has 106 valence electrons. The van der Waals surface area contributed by atoms with Gasteiger partial charge in [-0.3, -0.25) is 9.59 Å². The van der Waals surface area contributed by atoms with Gasteiger partial charge in [0.05, 0.1) is 5.52 Å². The van der Waals surface area contributed by atoms with Gasteiger partial charge < -0.3 is 9.88 Å². The Morgan fingerprint density at radius 3 is 2.50 bits per heavy atom. The van der Waals surface area contributed by atoms with Crippen LogP contribution in [0, 0.1) is 0 Å². The molecule has 1 aromatic carbocycles. The average molecular weight is 272 g/mol. The van der Waals surface area contributed by atoms with Crippen LogP contribution in [0.5, 0.6) is 0 Å². The molecule has 4 heteroatoms. The van der Waals surface area contributed by atoms with Crippen molar-refractivity contribution < 1.29 is 4.79 Å². The van der Waals surface area contributed by atoms with Gasteiger partial charge in [-0.15, -0.1) is 0 Å². The molecule has 0 aliphatic rings. The van der Waals surface area contributed by atoms with E-state index < -0.39 is 0 Å². The molecule has 1 amide bonds. The van der Waals surface area contributed by atoms with E-state index in [1.807, 2.05) is 32.9 Å². The topological polar surface area (TPSA) is 53.2 Å². The predicted molar refractivity (Wildman–Crippen MR) is 81.2 cm³/mol. The Morgan fingerprint density at radius 2 is 1.90 bits per heavy atom. The highest BCUT2D eigenvalue weighted by Crippen LogP contribution is 2.15. The normalized spacial score (nSPS) is 10.8. The maximum absolute atomic E-state index is 12.5. The fraction of sp³-hybridized carbons (Fsp3) is 0.375. The number of fused-ring (bicyclic) bond motifs is 1. The number of aryl methyl sites for hydroxylation is 1. The first-order valence-corrected chi connectivity index (χ1v) is 7.06. The lowest BCUT2D eigenvalue weighted by Gasteiger charge is -2.18. The summed E-state index contributed by atoms with van der Waals surface area (Å²) in [5.74, 6) is -0.208. The number of aromatic nitrogens is 1. The van der Waals surface area contributed by atoms with Gasteiger partial charge >= 0.3 is 0 Å². The molecule has 20 heavy (non-hydrogen) atoms. The van der Waals surface area contributed by atoms with E-state index in [-0.39, 0.29) is 16.9 Å². The molecule has 0 spiro atoms. The third-order valence-corrected chi connectivity index (χ3v) is 3.66. The van der Waals surface area contributed by atoms with E-state index in [2.05, 4.69) is 4.98 Å². The van der Waals surface area contributed by atoms with E-state index in [4.69, 9.17) is 0 Å². The van der Waals surface area contributed by atoms with Gasteiger partial charge in [0.15, 0.2) is 0 Å². The highest BCUT2D eigenvalue weighted by molar-refractivity contribution is 5.97. The number of H-pyrrole nitrogens is 1. The number of rotatable bonds is 4. The van der Waals surface area contributed by atoms with Crippen LogP contribution in [0.1, 0.15) is 36.7 Å². The molecule has 0 saturated carbocycles. The van der Waals surface area contributed by atoms with Gasteiger partial charge in [-0.25, -0.2) is 0 Å². The van der Waals surface area contributed by atoms with E-state index in [1.165, 1.54) is 0 Å². The van der Waals surface area contributed by atoms with Crippen LogP contribution in [-0.2, 0) is 6.42 Å². The van der Waals surface area contributed by atoms with Gasteiger partial charge in [0, 0.05) is 24.7 Å². The number of aromatic amines is 1. The molecule has 0 bridgehead atoms. The molecule has 0 unspecified atom stereocenters. The second kappa shape index (κ2) is 5.90. The van der Waals surface area contributed by atoms with Crippen molar-refractivity contribution in [3.05, 3.63) is 45.7 Å². The summed E-state index contributed by atoms with van der Waals surface area (Å²) in [7, 11) is 0. The molecule has 4 nitrogen and oxygen atoms in total. The minimum Gasteiger partial charge on any atom is -0.360 e. The van der Waals surface area contributed by atoms with Crippen molar-refractivity contribution in [1.29, 1.82) is 0 Å². The number of benzene rings is 1. The second-order valence-electron chi connectivity index (χ2n) is 4.70. The van der Waals surface area contributed by atoms with Crippen LogP contribution < -0.4 is 5.43 Å². The Bertz CT molecular complexity index is 684. The van der Waals surface area contributed by atoms with Gasteiger partial charge in [0.2, 0.25) is 5.43 Å². The van der Waals surface area contributed by atoms with Crippen molar-refractivity contribution in [2.75, 3.05) is 13.1 Å². The molecular formula is C16H20N2O2. The highest BCUT2D eigenvalue weighted by atomic mass is 16.2. The van der Waals surface area contributed by atoms with Crippen LogP contribution in [-0.4, -0.2) is 28.9 Å². The molecule has 0 atom stereocenters. The third-order valence-electron chi connectivity index (χ3n) is 3.66. The molecule has 2 rings (SSSR count). The van der Waals surface area contributed by atoms with Crippen molar-refractivity contribution in [3.8, 4) is 0 Å². The van der Waals surface area contributed by atoms with Crippen molar-refractivity contribution in [3.63, 3.8) is 0 Å². The third kappa shape index (κ3) is 2.33. The van der Waals surface area contributed by atoms with E-state index in [9.17, 15) is 9.59 Å². The van der Waals surface area contributed by atoms with Crippen LogP contribution in [0.3, 0.4) is 0 Å². The molecule has 1 heterocycles. The number of carbonyl (C=O) groups excluding carboxylic acids is 1. The van der Waals surface area contributed by atoms with Crippen LogP contribution >= 0.6 is 0 Å². The Labute approximate surface area is 118 Å². The molecule has 0 aliphatic carbocycles. The number of hydrogen-bond acceptors (Lipinski definition) is 2. The minimum absolute atomic E-state index is 0.189. The number of nitrogens with one attached hydrogen (secondary N) is 1. The number of amides is 1. The summed E-state index contributed by atoms with van der Waals surface area (Å²) in [6, 6.07) is 5.62. The largest absolute Gasteiger partial charge is 0.360 e. The summed E-state index contributed by atoms with van der Waals surface area (Å²) < 4.78 is 0. The van der Waals surface area contributed by atoms with Crippen LogP contribution in [0.25, 0.3) is 10.9 Å². The van der Waals surface area contributed by atoms with Crippen molar-refractivity contribution in [2.45, 2.75) is 27.2 Å². The van der Waals surface area contributed by atoms with Gasteiger partial charge in [0.1, 0.15) is 5.56 Å². The van der Waals surface area contributed by atoms with Crippen LogP contribution in [0.15, 0.2) is 29.2 Å². The zero-order chi connectivity index (χ0) is 14.7. The van der Waals surface area contributed by atoms with E-state index in [0.717, 1.165) is 17.5 Å². The Balaban J connectivity index is 2.61. The number of para-hydroxylation sites is 1. The van der Waals surface area contributed by atoms with Crippen molar-refractivity contribution in [1.82, 2.24) is 9.88 Å². The van der Waals surface area contributed by atoms with Crippen molar-refractivity contribution in [2.24, 2.45) is 0 Å². The van der Waals surface area contributed by atoms with Gasteiger partial charge in [-0.05, 0) is 31.9 Å². The second-order valence-corrected chi connectivity index (χ2v) is 4.70. The zero-order valence-electron chi connectivity index (χ0n) is 12.2. The van der Waals surface area contributed by atoms with E-state index in [0.29, 0.717) is 18.5 Å². The average Bonchev–Trinajstić information content (AvgIpc) is 2.48. The predicted octanol–water partition coefficient (Wildman–Crippen LogP) is 2.57. The van der Waals surface area contributed by atoms with Crippen LogP contribution in [0.4, 0.5) is 0 Å². The van der Waals surface area contributed by atoms with E-state index >= 15 is 0 Å². The summed E-state index contributed by atoms with van der Waals surface area (Å²) in [5, 5.41) is 0.586. The molecule has 0 aliphatic heterocycles. The monoisotopic (exact) mass is 272 g/mol. The smallest absolute Gasteiger partial charge is 0.259 e. The van der Waals surface area contributed by atoms with Crippen molar-refractivity contribution >= 4 is 16.8 Å². The lowest BCUT2D eigenvalue weighted by molar-refractivity contribution is 0.0771. The molecule has 0 fully saturated rings. The molecule has 1 N–H and O–H groups in total. The zero-order valence-corrected chi connectivity index (χ0v) is 12.2. The minimum atomic E-state index is -0.208. The highest BCUT2D eigenvalue weighted by Gasteiger charge is 2.17. The molecular weight excluding hydrogens is 252 g/mol. The van der Waals surface area contributed by atoms with Gasteiger partial charge in [-0.2, -0.15) is 0 Å². The Morgan fingerprint density at radius 1 is 1.20 bits per heavy atom. The summed E-state index contributed by atoms with van der Waals surface area (Å²) >= 11 is 0. The Kier molecular flexibility index (Phi) is 4.23. The standard InChI is InChI=1S/C16H20N2O2/c1-4-11-8-7-9-12-14(11)17-10-13(15(12)19)16(20)18(5-2)6-3/h7-10H,4-6H2,1-3H3,(H,17,19). The molecule has 1 aromatic heterocycles. The molecule has 0 radical (unpaired) electrons. The summed E-state index contributed by atoms with van der Waals surface area (Å²) in [6.45, 7) is 7.06. The van der Waals surface area contributed by atoms with Gasteiger partial charge in [-0.1, -0.05) is 19.1 Å². The summed E-state index contributed by atoms with van der Waals surface area (Å²) in [6.07, 6.45) is 2.39. The Hall–Kier alpha value is -2.10. The SMILES string of the molecule is CCc1cccc2c(=O)c(C(=O)N(CC)CC)c[nH]c12. The number of hydrogen-bond donors (Lipinski definition) is 1. The number of carbonyl (C=O) groups is 1. The molecule has 0 saturated heterocycles. The summed E-state index contributed by atoms with van der Waals surface area (Å²) in [4.78, 5) is 29.6. The van der Waals surface area contributed by atoms with Crippen LogP contribution in [0.2, 0.25) is 0 Å². The summed E-state index contributed by atoms with van der Waals surface area (Å²) in [5.41, 5.74) is 1.94. The lowest BCUT2D eigenvalue weighted by Crippen LogP contribution is -2.34. The van der Waals surface area contributed by atoms with Gasteiger partial charge in [0.25, 0.3) is 5.91 Å². The lowest BCUT2D eigenvalue weighted by atomic mass is 10.1. The first-order valence-electron chi connectivity index (χ1n) is 7.06. The fourth-order valence-corrected chi connectivity index (χ4v) is 2.45. The quantitative estimate of drug-likeness (QED) is 0.930. The fourth-order valence-electron chi connectivity index (χ4n) is 2.45. The first-order chi connectivity index (χ1) is 9.63. The number of nitrogens with zero attached hydrogens (tertiary/aromatic N) is 1. The number of pyridine rings is 1. The molecule has 2 aromatic rings. The van der Waals surface area contributed by atoms with E-state index in [1.54, 1.807) is 17.2 Å².